The Bertz CT molecular complexity index is 837. The Labute approximate surface area is 140 Å². The van der Waals surface area contributed by atoms with Crippen molar-refractivity contribution in [1.29, 1.82) is 5.26 Å². The first-order valence-corrected chi connectivity index (χ1v) is 8.07. The molecule has 24 heavy (non-hydrogen) atoms. The number of aromatic nitrogens is 4. The second-order valence-corrected chi connectivity index (χ2v) is 6.25. The molecule has 1 saturated carbocycles. The van der Waals surface area contributed by atoms with Crippen molar-refractivity contribution in [3.8, 4) is 18.4 Å². The standard InChI is InChI=1S/C17H17N7/c1-2-12-9-19-17(24-6-5-11(8-18)10-24)21-16(12)20-15-7-14(22-23-15)13-3-4-13/h1,7,9,11,13H,3-6,10H2,(H2,19,20,21,22,23). The maximum absolute atomic E-state index is 9.05. The van der Waals surface area contributed by atoms with Crippen LogP contribution in [0.2, 0.25) is 0 Å². The van der Waals surface area contributed by atoms with E-state index in [2.05, 4.69) is 37.5 Å². The third-order valence-corrected chi connectivity index (χ3v) is 4.45. The lowest BCUT2D eigenvalue weighted by Crippen LogP contribution is -2.22. The summed E-state index contributed by atoms with van der Waals surface area (Å²) in [6.07, 6.45) is 10.5. The van der Waals surface area contributed by atoms with Gasteiger partial charge >= 0.3 is 0 Å². The van der Waals surface area contributed by atoms with Crippen LogP contribution >= 0.6 is 0 Å². The molecule has 1 aliphatic heterocycles. The van der Waals surface area contributed by atoms with E-state index >= 15 is 0 Å². The van der Waals surface area contributed by atoms with Crippen LogP contribution in [0, 0.1) is 29.6 Å². The van der Waals surface area contributed by atoms with Crippen LogP contribution in [0.4, 0.5) is 17.6 Å². The maximum Gasteiger partial charge on any atom is 0.227 e. The summed E-state index contributed by atoms with van der Waals surface area (Å²) >= 11 is 0. The van der Waals surface area contributed by atoms with E-state index in [0.29, 0.717) is 35.6 Å². The fraction of sp³-hybridized carbons (Fsp3) is 0.412. The number of aromatic amines is 1. The van der Waals surface area contributed by atoms with Crippen molar-refractivity contribution in [1.82, 2.24) is 20.2 Å². The molecule has 7 heteroatoms. The minimum atomic E-state index is 0.0322. The van der Waals surface area contributed by atoms with Crippen molar-refractivity contribution in [2.45, 2.75) is 25.2 Å². The molecule has 1 saturated heterocycles. The molecule has 0 aromatic carbocycles. The van der Waals surface area contributed by atoms with E-state index in [4.69, 9.17) is 11.7 Å². The Morgan fingerprint density at radius 2 is 2.25 bits per heavy atom. The number of nitrogens with one attached hydrogen (secondary N) is 2. The van der Waals surface area contributed by atoms with Crippen LogP contribution in [0.1, 0.15) is 36.4 Å². The predicted octanol–water partition coefficient (Wildman–Crippen LogP) is 2.15. The second-order valence-electron chi connectivity index (χ2n) is 6.25. The summed E-state index contributed by atoms with van der Waals surface area (Å²) in [6.45, 7) is 1.43. The first-order valence-electron chi connectivity index (χ1n) is 8.07. The lowest BCUT2D eigenvalue weighted by molar-refractivity contribution is 0.752. The van der Waals surface area contributed by atoms with Crippen LogP contribution in [-0.2, 0) is 0 Å². The first-order chi connectivity index (χ1) is 11.8. The number of hydrogen-bond donors (Lipinski definition) is 2. The summed E-state index contributed by atoms with van der Waals surface area (Å²) in [5.41, 5.74) is 1.73. The Kier molecular flexibility index (Phi) is 3.55. The average molecular weight is 319 g/mol. The van der Waals surface area contributed by atoms with E-state index in [1.54, 1.807) is 6.20 Å². The minimum Gasteiger partial charge on any atom is -0.339 e. The van der Waals surface area contributed by atoms with E-state index in [1.807, 2.05) is 11.0 Å². The van der Waals surface area contributed by atoms with E-state index in [0.717, 1.165) is 18.7 Å². The normalized spacial score (nSPS) is 19.8. The molecule has 0 bridgehead atoms. The zero-order valence-electron chi connectivity index (χ0n) is 13.2. The quantitative estimate of drug-likeness (QED) is 0.839. The van der Waals surface area contributed by atoms with Crippen LogP contribution in [0.25, 0.3) is 0 Å². The number of anilines is 3. The summed E-state index contributed by atoms with van der Waals surface area (Å²) in [4.78, 5) is 10.9. The Morgan fingerprint density at radius 1 is 1.38 bits per heavy atom. The van der Waals surface area contributed by atoms with Crippen molar-refractivity contribution in [3.63, 3.8) is 0 Å². The molecule has 1 unspecified atom stereocenters. The zero-order chi connectivity index (χ0) is 16.5. The summed E-state index contributed by atoms with van der Waals surface area (Å²) in [5, 5.41) is 19.6. The molecule has 1 aliphatic carbocycles. The fourth-order valence-corrected chi connectivity index (χ4v) is 2.90. The molecule has 7 nitrogen and oxygen atoms in total. The number of nitriles is 1. The molecule has 0 amide bonds. The number of hydrogen-bond acceptors (Lipinski definition) is 6. The summed E-state index contributed by atoms with van der Waals surface area (Å²) in [7, 11) is 0. The van der Waals surface area contributed by atoms with Crippen LogP contribution in [0.15, 0.2) is 12.3 Å². The Hall–Kier alpha value is -3.06. The van der Waals surface area contributed by atoms with Crippen molar-refractivity contribution >= 4 is 17.6 Å². The highest BCUT2D eigenvalue weighted by Gasteiger charge is 2.26. The molecule has 2 aromatic rings. The van der Waals surface area contributed by atoms with E-state index < -0.39 is 0 Å². The molecule has 1 atom stereocenters. The van der Waals surface area contributed by atoms with Gasteiger partial charge in [0.15, 0.2) is 11.6 Å². The van der Waals surface area contributed by atoms with Gasteiger partial charge in [0.1, 0.15) is 0 Å². The van der Waals surface area contributed by atoms with E-state index in [9.17, 15) is 0 Å². The summed E-state index contributed by atoms with van der Waals surface area (Å²) in [5.74, 6) is 5.10. The lowest BCUT2D eigenvalue weighted by Gasteiger charge is -2.16. The molecule has 2 fully saturated rings. The Balaban J connectivity index is 1.57. The highest BCUT2D eigenvalue weighted by molar-refractivity contribution is 5.62. The number of rotatable bonds is 4. The number of nitrogens with zero attached hydrogens (tertiary/aromatic N) is 5. The fourth-order valence-electron chi connectivity index (χ4n) is 2.90. The van der Waals surface area contributed by atoms with Gasteiger partial charge in [0.05, 0.1) is 23.7 Å². The molecule has 2 aromatic heterocycles. The summed E-state index contributed by atoms with van der Waals surface area (Å²) < 4.78 is 0. The number of H-pyrrole nitrogens is 1. The number of terminal acetylenes is 1. The van der Waals surface area contributed by atoms with E-state index in [1.165, 1.54) is 12.8 Å². The van der Waals surface area contributed by atoms with Crippen LogP contribution < -0.4 is 10.2 Å². The third kappa shape index (κ3) is 2.77. The molecule has 0 spiro atoms. The lowest BCUT2D eigenvalue weighted by atomic mass is 10.1. The molecule has 120 valence electrons. The smallest absolute Gasteiger partial charge is 0.227 e. The molecule has 4 rings (SSSR count). The van der Waals surface area contributed by atoms with Crippen LogP contribution in [-0.4, -0.2) is 33.3 Å². The average Bonchev–Trinajstić information content (AvgIpc) is 3.17. The Morgan fingerprint density at radius 3 is 2.96 bits per heavy atom. The SMILES string of the molecule is C#Cc1cnc(N2CCC(C#N)C2)nc1Nc1cc(C2CC2)[nH]n1. The van der Waals surface area contributed by atoms with Gasteiger partial charge in [0.25, 0.3) is 0 Å². The van der Waals surface area contributed by atoms with Gasteiger partial charge in [0, 0.05) is 30.8 Å². The predicted molar refractivity (Wildman–Crippen MR) is 89.7 cm³/mol. The van der Waals surface area contributed by atoms with Gasteiger partial charge < -0.3 is 10.2 Å². The topological polar surface area (TPSA) is 93.5 Å². The van der Waals surface area contributed by atoms with Gasteiger partial charge in [-0.05, 0) is 19.3 Å². The van der Waals surface area contributed by atoms with Crippen LogP contribution in [0.3, 0.4) is 0 Å². The zero-order valence-corrected chi connectivity index (χ0v) is 13.2. The molecule has 0 radical (unpaired) electrons. The van der Waals surface area contributed by atoms with Crippen molar-refractivity contribution < 1.29 is 0 Å². The van der Waals surface area contributed by atoms with Gasteiger partial charge in [-0.25, -0.2) is 4.98 Å². The molecular formula is C17H17N7. The van der Waals surface area contributed by atoms with Crippen molar-refractivity contribution in [2.24, 2.45) is 5.92 Å². The molecule has 2 aliphatic rings. The van der Waals surface area contributed by atoms with Gasteiger partial charge in [-0.2, -0.15) is 15.3 Å². The minimum absolute atomic E-state index is 0.0322. The van der Waals surface area contributed by atoms with Gasteiger partial charge in [-0.3, -0.25) is 5.10 Å². The largest absolute Gasteiger partial charge is 0.339 e. The summed E-state index contributed by atoms with van der Waals surface area (Å²) in [6, 6.07) is 4.30. The van der Waals surface area contributed by atoms with Gasteiger partial charge in [0.2, 0.25) is 5.95 Å². The van der Waals surface area contributed by atoms with Crippen molar-refractivity contribution in [2.75, 3.05) is 23.3 Å². The molecule has 2 N–H and O–H groups in total. The van der Waals surface area contributed by atoms with Crippen LogP contribution in [0.5, 0.6) is 0 Å². The molecular weight excluding hydrogens is 302 g/mol. The highest BCUT2D eigenvalue weighted by atomic mass is 15.3. The van der Waals surface area contributed by atoms with E-state index in [-0.39, 0.29) is 5.92 Å². The van der Waals surface area contributed by atoms with Crippen molar-refractivity contribution in [3.05, 3.63) is 23.5 Å². The van der Waals surface area contributed by atoms with Gasteiger partial charge in [-0.15, -0.1) is 6.42 Å². The monoisotopic (exact) mass is 319 g/mol. The second kappa shape index (κ2) is 5.86. The molecule has 3 heterocycles. The maximum atomic E-state index is 9.05. The van der Waals surface area contributed by atoms with Gasteiger partial charge in [-0.1, -0.05) is 5.92 Å². The third-order valence-electron chi connectivity index (χ3n) is 4.45. The highest BCUT2D eigenvalue weighted by Crippen LogP contribution is 2.39. The first kappa shape index (κ1) is 14.5.